The lowest BCUT2D eigenvalue weighted by Gasteiger charge is -2.59. The Labute approximate surface area is 148 Å². The zero-order chi connectivity index (χ0) is 17.2. The number of fused-ring (bicyclic) bond motifs is 2. The maximum Gasteiger partial charge on any atom is 0.139 e. The Morgan fingerprint density at radius 1 is 1.40 bits per heavy atom. The molecule has 1 saturated heterocycles. The predicted octanol–water partition coefficient (Wildman–Crippen LogP) is 2.30. The zero-order valence-corrected chi connectivity index (χ0v) is 15.1. The lowest BCUT2D eigenvalue weighted by Crippen LogP contribution is -2.69. The van der Waals surface area contributed by atoms with Crippen molar-refractivity contribution in [1.82, 2.24) is 5.32 Å². The largest absolute Gasteiger partial charge is 0.486 e. The molecule has 5 aliphatic rings. The van der Waals surface area contributed by atoms with Crippen LogP contribution in [0.4, 0.5) is 0 Å². The molecule has 0 radical (unpaired) electrons. The predicted molar refractivity (Wildman–Crippen MR) is 93.0 cm³/mol. The van der Waals surface area contributed by atoms with Gasteiger partial charge in [0.05, 0.1) is 5.92 Å². The molecule has 4 bridgehead atoms. The molecule has 2 saturated carbocycles. The molecule has 25 heavy (non-hydrogen) atoms. The minimum Gasteiger partial charge on any atom is -0.486 e. The highest BCUT2D eigenvalue weighted by molar-refractivity contribution is 5.82. The van der Waals surface area contributed by atoms with E-state index in [1.807, 2.05) is 0 Å². The first kappa shape index (κ1) is 14.7. The standard InChI is InChI=1S/C21H25NO3/c1-11-4-5-13-8-15-19-9-14(12(2)23)21(10-19,24-3)18-20(19,6-7-22-15)16(13)17(11)25-18/h4-5,14-15,18,22H,6-10H2,1-3H3/t14-,15-,18?,19?,20+,21-/m1/s1. The highest BCUT2D eigenvalue weighted by Gasteiger charge is 2.84. The quantitative estimate of drug-likeness (QED) is 0.898. The molecule has 6 rings (SSSR count). The van der Waals surface area contributed by atoms with Crippen LogP contribution >= 0.6 is 0 Å². The highest BCUT2D eigenvalue weighted by atomic mass is 16.6. The van der Waals surface area contributed by atoms with Gasteiger partial charge >= 0.3 is 0 Å². The van der Waals surface area contributed by atoms with E-state index in [2.05, 4.69) is 24.4 Å². The molecule has 2 heterocycles. The second-order valence-corrected chi connectivity index (χ2v) is 9.04. The van der Waals surface area contributed by atoms with Crippen LogP contribution in [0.2, 0.25) is 0 Å². The Balaban J connectivity index is 1.70. The van der Waals surface area contributed by atoms with E-state index in [0.29, 0.717) is 6.04 Å². The van der Waals surface area contributed by atoms with Crippen molar-refractivity contribution in [2.45, 2.75) is 62.7 Å². The van der Waals surface area contributed by atoms with E-state index in [1.54, 1.807) is 14.0 Å². The van der Waals surface area contributed by atoms with Gasteiger partial charge in [-0.15, -0.1) is 0 Å². The van der Waals surface area contributed by atoms with E-state index in [9.17, 15) is 4.79 Å². The summed E-state index contributed by atoms with van der Waals surface area (Å²) >= 11 is 0. The number of hydrogen-bond donors (Lipinski definition) is 1. The number of nitrogens with one attached hydrogen (secondary N) is 1. The number of piperidine rings is 1. The number of Topliss-reactive ketones (excluding diaryl/α,β-unsaturated/α-hetero) is 1. The second-order valence-electron chi connectivity index (χ2n) is 9.04. The summed E-state index contributed by atoms with van der Waals surface area (Å²) < 4.78 is 13.0. The Hall–Kier alpha value is -1.39. The monoisotopic (exact) mass is 339 g/mol. The number of ketones is 1. The number of aryl methyl sites for hydroxylation is 1. The maximum atomic E-state index is 12.6. The molecule has 3 aliphatic carbocycles. The number of carbonyl (C=O) groups excluding carboxylic acids is 1. The van der Waals surface area contributed by atoms with Crippen molar-refractivity contribution in [1.29, 1.82) is 0 Å². The Bertz CT molecular complexity index is 835. The average molecular weight is 339 g/mol. The summed E-state index contributed by atoms with van der Waals surface area (Å²) in [6.07, 6.45) is 4.02. The van der Waals surface area contributed by atoms with Gasteiger partial charge in [-0.3, -0.25) is 4.79 Å². The van der Waals surface area contributed by atoms with Gasteiger partial charge in [0, 0.05) is 29.5 Å². The first-order valence-electron chi connectivity index (χ1n) is 9.59. The smallest absolute Gasteiger partial charge is 0.139 e. The summed E-state index contributed by atoms with van der Waals surface area (Å²) in [5.41, 5.74) is 3.79. The third-order valence-corrected chi connectivity index (χ3v) is 8.52. The third kappa shape index (κ3) is 1.25. The fourth-order valence-electron chi connectivity index (χ4n) is 7.77. The Morgan fingerprint density at radius 2 is 2.24 bits per heavy atom. The lowest BCUT2D eigenvalue weighted by molar-refractivity contribution is -0.153. The van der Waals surface area contributed by atoms with Crippen LogP contribution in [0, 0.1) is 18.3 Å². The fourth-order valence-corrected chi connectivity index (χ4v) is 7.77. The zero-order valence-electron chi connectivity index (χ0n) is 15.1. The molecule has 6 atom stereocenters. The van der Waals surface area contributed by atoms with Crippen molar-refractivity contribution in [2.24, 2.45) is 11.3 Å². The van der Waals surface area contributed by atoms with Gasteiger partial charge in [-0.25, -0.2) is 0 Å². The molecule has 4 nitrogen and oxygen atoms in total. The van der Waals surface area contributed by atoms with Gasteiger partial charge in [0.25, 0.3) is 0 Å². The van der Waals surface area contributed by atoms with Gasteiger partial charge in [-0.05, 0) is 57.2 Å². The topological polar surface area (TPSA) is 47.6 Å². The summed E-state index contributed by atoms with van der Waals surface area (Å²) in [7, 11) is 1.79. The minimum atomic E-state index is -0.469. The van der Waals surface area contributed by atoms with Crippen LogP contribution in [-0.2, 0) is 21.4 Å². The number of carbonyl (C=O) groups is 1. The van der Waals surface area contributed by atoms with Crippen LogP contribution in [0.15, 0.2) is 12.1 Å². The highest BCUT2D eigenvalue weighted by Crippen LogP contribution is 2.78. The SMILES string of the molecule is CO[C@]12CC3(C[C@@H]1C(C)=O)[C@H]1Cc4ccc(C)c5c4[C@@]3(CCN1)C2O5. The van der Waals surface area contributed by atoms with Crippen molar-refractivity contribution in [3.63, 3.8) is 0 Å². The number of benzene rings is 1. The van der Waals surface area contributed by atoms with E-state index >= 15 is 0 Å². The molecule has 2 aliphatic heterocycles. The van der Waals surface area contributed by atoms with Crippen LogP contribution in [0.1, 0.15) is 42.9 Å². The molecule has 1 aromatic rings. The van der Waals surface area contributed by atoms with Crippen molar-refractivity contribution in [3.8, 4) is 5.75 Å². The third-order valence-electron chi connectivity index (χ3n) is 8.52. The fraction of sp³-hybridized carbons (Fsp3) is 0.667. The van der Waals surface area contributed by atoms with Crippen molar-refractivity contribution in [3.05, 3.63) is 28.8 Å². The normalized spacial score (nSPS) is 47.6. The molecule has 2 spiro atoms. The van der Waals surface area contributed by atoms with Crippen molar-refractivity contribution in [2.75, 3.05) is 13.7 Å². The molecule has 1 aromatic carbocycles. The molecule has 0 amide bonds. The molecular weight excluding hydrogens is 314 g/mol. The lowest BCUT2D eigenvalue weighted by atomic mass is 9.47. The Kier molecular flexibility index (Phi) is 2.43. The van der Waals surface area contributed by atoms with Crippen molar-refractivity contribution >= 4 is 5.78 Å². The van der Waals surface area contributed by atoms with E-state index in [-0.39, 0.29) is 28.6 Å². The van der Waals surface area contributed by atoms with Gasteiger partial charge in [0.1, 0.15) is 23.2 Å². The van der Waals surface area contributed by atoms with Crippen LogP contribution < -0.4 is 10.1 Å². The van der Waals surface area contributed by atoms with Crippen LogP contribution in [0.3, 0.4) is 0 Å². The van der Waals surface area contributed by atoms with E-state index in [1.165, 1.54) is 16.7 Å². The van der Waals surface area contributed by atoms with Gasteiger partial charge < -0.3 is 14.8 Å². The van der Waals surface area contributed by atoms with E-state index in [4.69, 9.17) is 9.47 Å². The maximum absolute atomic E-state index is 12.6. The molecule has 132 valence electrons. The first-order valence-corrected chi connectivity index (χ1v) is 9.59. The summed E-state index contributed by atoms with van der Waals surface area (Å²) in [6, 6.07) is 4.93. The Morgan fingerprint density at radius 3 is 3.00 bits per heavy atom. The van der Waals surface area contributed by atoms with Crippen LogP contribution in [0.5, 0.6) is 5.75 Å². The van der Waals surface area contributed by atoms with Crippen LogP contribution in [0.25, 0.3) is 0 Å². The average Bonchev–Trinajstić information content (AvgIpc) is 3.18. The molecule has 2 unspecified atom stereocenters. The first-order chi connectivity index (χ1) is 12.0. The van der Waals surface area contributed by atoms with Gasteiger partial charge in [-0.1, -0.05) is 12.1 Å². The van der Waals surface area contributed by atoms with Gasteiger partial charge in [0.2, 0.25) is 0 Å². The molecule has 0 aromatic heterocycles. The number of ether oxygens (including phenoxy) is 2. The summed E-state index contributed by atoms with van der Waals surface area (Å²) in [6.45, 7) is 4.92. The molecule has 1 N–H and O–H groups in total. The van der Waals surface area contributed by atoms with Gasteiger partial charge in [0.15, 0.2) is 0 Å². The number of rotatable bonds is 2. The minimum absolute atomic E-state index is 0.0209. The summed E-state index contributed by atoms with van der Waals surface area (Å²) in [4.78, 5) is 12.6. The molecular formula is C21H25NO3. The second kappa shape index (κ2) is 4.12. The van der Waals surface area contributed by atoms with E-state index in [0.717, 1.165) is 38.0 Å². The van der Waals surface area contributed by atoms with Gasteiger partial charge in [-0.2, -0.15) is 0 Å². The van der Waals surface area contributed by atoms with E-state index < -0.39 is 5.60 Å². The number of hydrogen-bond acceptors (Lipinski definition) is 4. The summed E-state index contributed by atoms with van der Waals surface area (Å²) in [5.74, 6) is 1.31. The summed E-state index contributed by atoms with van der Waals surface area (Å²) in [5, 5.41) is 3.81. The van der Waals surface area contributed by atoms with Crippen LogP contribution in [-0.4, -0.2) is 37.2 Å². The molecule has 4 heteroatoms. The number of methoxy groups -OCH3 is 1. The van der Waals surface area contributed by atoms with Crippen molar-refractivity contribution < 1.29 is 14.3 Å². The molecule has 3 fully saturated rings.